The number of carbonyl (C=O) groups is 1. The van der Waals surface area contributed by atoms with E-state index in [4.69, 9.17) is 4.52 Å². The Morgan fingerprint density at radius 1 is 1.07 bits per heavy atom. The molecule has 0 spiro atoms. The lowest BCUT2D eigenvalue weighted by Gasteiger charge is -2.20. The van der Waals surface area contributed by atoms with E-state index in [0.717, 1.165) is 16.8 Å². The van der Waals surface area contributed by atoms with E-state index < -0.39 is 0 Å². The lowest BCUT2D eigenvalue weighted by molar-refractivity contribution is 0.102. The first-order chi connectivity index (χ1) is 13.3. The van der Waals surface area contributed by atoms with Crippen molar-refractivity contribution in [2.75, 3.05) is 10.6 Å². The fourth-order valence-electron chi connectivity index (χ4n) is 2.96. The second-order valence-corrected chi connectivity index (χ2v) is 7.29. The second kappa shape index (κ2) is 8.21. The summed E-state index contributed by atoms with van der Waals surface area (Å²) in [6.07, 6.45) is 1.54. The molecule has 146 valence electrons. The SMILES string of the molecule is Cc1cc(Nc2nccc(C(=O)Nc3c(C(C)C)cccc3C(C)C)n2)no1. The van der Waals surface area contributed by atoms with Crippen LogP contribution in [0.1, 0.15) is 66.9 Å². The molecule has 0 aliphatic carbocycles. The van der Waals surface area contributed by atoms with Crippen LogP contribution < -0.4 is 10.6 Å². The summed E-state index contributed by atoms with van der Waals surface area (Å²) in [5.74, 6) is 1.73. The molecule has 28 heavy (non-hydrogen) atoms. The minimum absolute atomic E-state index is 0.269. The zero-order chi connectivity index (χ0) is 20.3. The van der Waals surface area contributed by atoms with Crippen LogP contribution in [0.25, 0.3) is 0 Å². The second-order valence-electron chi connectivity index (χ2n) is 7.29. The van der Waals surface area contributed by atoms with Crippen molar-refractivity contribution in [2.24, 2.45) is 0 Å². The third kappa shape index (κ3) is 4.36. The van der Waals surface area contributed by atoms with Crippen LogP contribution in [0.2, 0.25) is 0 Å². The fourth-order valence-corrected chi connectivity index (χ4v) is 2.96. The molecule has 1 amide bonds. The number of nitrogens with zero attached hydrogens (tertiary/aromatic N) is 3. The van der Waals surface area contributed by atoms with E-state index in [2.05, 4.69) is 53.5 Å². The Bertz CT molecular complexity index is 952. The van der Waals surface area contributed by atoms with E-state index in [1.807, 2.05) is 18.2 Å². The standard InChI is InChI=1S/C21H25N5O2/c1-12(2)15-7-6-8-16(13(3)4)19(15)25-20(27)17-9-10-22-21(23-17)24-18-11-14(5)28-26-18/h6-13H,1-5H3,(H,25,27)(H,22,23,24,26). The van der Waals surface area contributed by atoms with Gasteiger partial charge in [-0.3, -0.25) is 4.79 Å². The number of benzene rings is 1. The Labute approximate surface area is 164 Å². The molecule has 0 aliphatic heterocycles. The third-order valence-electron chi connectivity index (χ3n) is 4.37. The summed E-state index contributed by atoms with van der Waals surface area (Å²) in [7, 11) is 0. The molecule has 0 bridgehead atoms. The van der Waals surface area contributed by atoms with Crippen LogP contribution in [0.5, 0.6) is 0 Å². The van der Waals surface area contributed by atoms with E-state index in [-0.39, 0.29) is 29.4 Å². The van der Waals surface area contributed by atoms with Gasteiger partial charge in [0.05, 0.1) is 0 Å². The quantitative estimate of drug-likeness (QED) is 0.625. The van der Waals surface area contributed by atoms with Crippen molar-refractivity contribution in [2.45, 2.75) is 46.5 Å². The number of aromatic nitrogens is 3. The fraction of sp³-hybridized carbons (Fsp3) is 0.333. The number of aryl methyl sites for hydroxylation is 1. The lowest BCUT2D eigenvalue weighted by Crippen LogP contribution is -2.18. The predicted octanol–water partition coefficient (Wildman–Crippen LogP) is 5.02. The minimum Gasteiger partial charge on any atom is -0.360 e. The average molecular weight is 379 g/mol. The number of anilines is 3. The van der Waals surface area contributed by atoms with Gasteiger partial charge in [-0.05, 0) is 36.0 Å². The molecule has 0 saturated carbocycles. The molecule has 3 rings (SSSR count). The molecule has 0 aliphatic rings. The normalized spacial score (nSPS) is 11.1. The molecule has 1 aromatic carbocycles. The van der Waals surface area contributed by atoms with E-state index >= 15 is 0 Å². The van der Waals surface area contributed by atoms with Crippen molar-refractivity contribution in [1.82, 2.24) is 15.1 Å². The maximum Gasteiger partial charge on any atom is 0.274 e. The van der Waals surface area contributed by atoms with Gasteiger partial charge in [-0.1, -0.05) is 51.1 Å². The summed E-state index contributed by atoms with van der Waals surface area (Å²) in [6.45, 7) is 10.2. The van der Waals surface area contributed by atoms with Crippen LogP contribution >= 0.6 is 0 Å². The van der Waals surface area contributed by atoms with Crippen LogP contribution in [0.4, 0.5) is 17.5 Å². The third-order valence-corrected chi connectivity index (χ3v) is 4.37. The monoisotopic (exact) mass is 379 g/mol. The Morgan fingerprint density at radius 3 is 2.32 bits per heavy atom. The summed E-state index contributed by atoms with van der Waals surface area (Å²) < 4.78 is 5.02. The molecule has 7 heteroatoms. The Balaban J connectivity index is 1.87. The number of amides is 1. The molecule has 2 aromatic heterocycles. The summed E-state index contributed by atoms with van der Waals surface area (Å²) in [6, 6.07) is 9.44. The van der Waals surface area contributed by atoms with Crippen LogP contribution in [0.3, 0.4) is 0 Å². The van der Waals surface area contributed by atoms with Crippen LogP contribution in [-0.2, 0) is 0 Å². The maximum absolute atomic E-state index is 12.9. The van der Waals surface area contributed by atoms with Crippen molar-refractivity contribution in [3.05, 3.63) is 59.1 Å². The number of hydrogen-bond acceptors (Lipinski definition) is 6. The van der Waals surface area contributed by atoms with Crippen molar-refractivity contribution in [3.63, 3.8) is 0 Å². The molecular formula is C21H25N5O2. The first kappa shape index (κ1) is 19.5. The number of para-hydroxylation sites is 1. The van der Waals surface area contributed by atoms with Gasteiger partial charge in [0, 0.05) is 18.0 Å². The van der Waals surface area contributed by atoms with Crippen LogP contribution in [0.15, 0.2) is 41.1 Å². The molecule has 7 nitrogen and oxygen atoms in total. The van der Waals surface area contributed by atoms with Gasteiger partial charge in [0.15, 0.2) is 5.82 Å². The molecular weight excluding hydrogens is 354 g/mol. The van der Waals surface area contributed by atoms with Crippen molar-refractivity contribution in [1.29, 1.82) is 0 Å². The van der Waals surface area contributed by atoms with Gasteiger partial charge in [-0.2, -0.15) is 0 Å². The first-order valence-electron chi connectivity index (χ1n) is 9.32. The topological polar surface area (TPSA) is 92.9 Å². The molecule has 2 heterocycles. The summed E-state index contributed by atoms with van der Waals surface area (Å²) in [5.41, 5.74) is 3.33. The molecule has 0 atom stereocenters. The van der Waals surface area contributed by atoms with Crippen LogP contribution in [0, 0.1) is 6.92 Å². The van der Waals surface area contributed by atoms with Crippen molar-refractivity contribution >= 4 is 23.4 Å². The highest BCUT2D eigenvalue weighted by molar-refractivity contribution is 6.04. The molecule has 0 radical (unpaired) electrons. The van der Waals surface area contributed by atoms with Gasteiger partial charge >= 0.3 is 0 Å². The summed E-state index contributed by atoms with van der Waals surface area (Å²) >= 11 is 0. The van der Waals surface area contributed by atoms with Gasteiger partial charge in [-0.25, -0.2) is 9.97 Å². The summed E-state index contributed by atoms with van der Waals surface area (Å²) in [5, 5.41) is 9.85. The highest BCUT2D eigenvalue weighted by Crippen LogP contribution is 2.32. The Morgan fingerprint density at radius 2 is 1.75 bits per heavy atom. The zero-order valence-electron chi connectivity index (χ0n) is 16.8. The van der Waals surface area contributed by atoms with E-state index in [1.165, 1.54) is 6.20 Å². The largest absolute Gasteiger partial charge is 0.360 e. The van der Waals surface area contributed by atoms with Gasteiger partial charge in [0.2, 0.25) is 5.95 Å². The van der Waals surface area contributed by atoms with Gasteiger partial charge in [0.25, 0.3) is 5.91 Å². The molecule has 0 unspecified atom stereocenters. The highest BCUT2D eigenvalue weighted by Gasteiger charge is 2.18. The maximum atomic E-state index is 12.9. The van der Waals surface area contributed by atoms with E-state index in [1.54, 1.807) is 19.1 Å². The van der Waals surface area contributed by atoms with Gasteiger partial charge < -0.3 is 15.2 Å². The average Bonchev–Trinajstić information content (AvgIpc) is 3.06. The zero-order valence-corrected chi connectivity index (χ0v) is 16.8. The van der Waals surface area contributed by atoms with Gasteiger partial charge in [-0.15, -0.1) is 0 Å². The van der Waals surface area contributed by atoms with Crippen molar-refractivity contribution in [3.8, 4) is 0 Å². The minimum atomic E-state index is -0.281. The highest BCUT2D eigenvalue weighted by atomic mass is 16.5. The van der Waals surface area contributed by atoms with E-state index in [9.17, 15) is 4.79 Å². The Hall–Kier alpha value is -3.22. The molecule has 3 aromatic rings. The molecule has 2 N–H and O–H groups in total. The molecule has 0 fully saturated rings. The molecule has 0 saturated heterocycles. The number of nitrogens with one attached hydrogen (secondary N) is 2. The lowest BCUT2D eigenvalue weighted by atomic mass is 9.92. The predicted molar refractivity (Wildman–Crippen MR) is 109 cm³/mol. The number of hydrogen-bond donors (Lipinski definition) is 2. The van der Waals surface area contributed by atoms with Crippen molar-refractivity contribution < 1.29 is 9.32 Å². The smallest absolute Gasteiger partial charge is 0.274 e. The number of rotatable bonds is 6. The first-order valence-corrected chi connectivity index (χ1v) is 9.32. The van der Waals surface area contributed by atoms with E-state index in [0.29, 0.717) is 11.6 Å². The van der Waals surface area contributed by atoms with Gasteiger partial charge in [0.1, 0.15) is 11.5 Å². The summed E-state index contributed by atoms with van der Waals surface area (Å²) in [4.78, 5) is 21.4. The number of carbonyl (C=O) groups excluding carboxylic acids is 1. The van der Waals surface area contributed by atoms with Crippen LogP contribution in [-0.4, -0.2) is 21.0 Å². The Kier molecular flexibility index (Phi) is 5.73.